The number of hydrogen-bond donors (Lipinski definition) is 1. The van der Waals surface area contributed by atoms with Crippen molar-refractivity contribution in [2.75, 3.05) is 0 Å². The van der Waals surface area contributed by atoms with Crippen LogP contribution in [0.1, 0.15) is 0 Å². The lowest BCUT2D eigenvalue weighted by atomic mass is 9.87. The van der Waals surface area contributed by atoms with Crippen molar-refractivity contribution in [3.63, 3.8) is 0 Å². The molecule has 1 N–H and O–H groups in total. The van der Waals surface area contributed by atoms with Crippen molar-refractivity contribution in [3.05, 3.63) is 144 Å². The lowest BCUT2D eigenvalue weighted by Gasteiger charge is -2.16. The monoisotopic (exact) mass is 549 g/mol. The van der Waals surface area contributed by atoms with E-state index in [9.17, 15) is 0 Å². The Morgan fingerprint density at radius 1 is 0.535 bits per heavy atom. The third-order valence-corrected chi connectivity index (χ3v) is 8.54. The number of furan rings is 1. The van der Waals surface area contributed by atoms with Crippen LogP contribution in [0.3, 0.4) is 0 Å². The first-order valence-electron chi connectivity index (χ1n) is 14.5. The van der Waals surface area contributed by atoms with Crippen LogP contribution in [0.2, 0.25) is 0 Å². The van der Waals surface area contributed by atoms with Crippen LogP contribution in [0.4, 0.5) is 0 Å². The summed E-state index contributed by atoms with van der Waals surface area (Å²) in [4.78, 5) is 0. The molecule has 0 aliphatic rings. The molecule has 0 fully saturated rings. The van der Waals surface area contributed by atoms with E-state index in [1.165, 1.54) is 17.0 Å². The fourth-order valence-corrected chi connectivity index (χ4v) is 6.56. The van der Waals surface area contributed by atoms with Gasteiger partial charge in [0.25, 0.3) is 0 Å². The van der Waals surface area contributed by atoms with Crippen molar-refractivity contribution in [2.24, 2.45) is 0 Å². The maximum Gasteiger partial charge on any atom is 0.143 e. The molecule has 0 aliphatic carbocycles. The molecular formula is C41H27NO. The minimum absolute atomic E-state index is 0.899. The van der Waals surface area contributed by atoms with E-state index < -0.39 is 0 Å². The van der Waals surface area contributed by atoms with E-state index >= 15 is 0 Å². The SMILES string of the molecule is C=c1c(-c2ccc(-c3cccc4c3oc3ccccc34)cc2)c2ccccc2c(-c2ccc3ccccc3c2)/c1=C/C=N. The Morgan fingerprint density at radius 2 is 1.16 bits per heavy atom. The first-order chi connectivity index (χ1) is 21.2. The predicted octanol–water partition coefficient (Wildman–Crippen LogP) is 9.73. The van der Waals surface area contributed by atoms with Gasteiger partial charge in [0.2, 0.25) is 0 Å². The Bertz CT molecular complexity index is 2480. The molecule has 0 spiro atoms. The molecule has 8 rings (SSSR count). The summed E-state index contributed by atoms with van der Waals surface area (Å²) in [5, 5.41) is 16.8. The van der Waals surface area contributed by atoms with Gasteiger partial charge in [0, 0.05) is 22.6 Å². The van der Waals surface area contributed by atoms with Gasteiger partial charge in [-0.3, -0.25) is 0 Å². The summed E-state index contributed by atoms with van der Waals surface area (Å²) in [5.41, 5.74) is 8.37. The molecular weight excluding hydrogens is 522 g/mol. The summed E-state index contributed by atoms with van der Waals surface area (Å²) >= 11 is 0. The van der Waals surface area contributed by atoms with Crippen LogP contribution >= 0.6 is 0 Å². The second kappa shape index (κ2) is 9.97. The van der Waals surface area contributed by atoms with E-state index in [1.807, 2.05) is 18.2 Å². The fraction of sp³-hybridized carbons (Fsp3) is 0. The average molecular weight is 550 g/mol. The highest BCUT2D eigenvalue weighted by molar-refractivity contribution is 6.10. The standard InChI is InChI=1S/C41H27NO/c1-26-32(23-24-42)40(31-22-17-27-9-2-3-10-30(27)25-31)36-13-5-4-12-35(36)39(26)29-20-18-28(19-21-29)33-14-8-15-37-34-11-6-7-16-38(34)43-41(33)37/h2-25,42H,1H2/b32-23+,42-24?. The van der Waals surface area contributed by atoms with E-state index in [4.69, 9.17) is 9.83 Å². The summed E-state index contributed by atoms with van der Waals surface area (Å²) < 4.78 is 6.32. The van der Waals surface area contributed by atoms with E-state index in [1.54, 1.807) is 0 Å². The molecule has 0 saturated heterocycles. The quantitative estimate of drug-likeness (QED) is 0.218. The van der Waals surface area contributed by atoms with E-state index in [0.29, 0.717) is 0 Å². The Kier molecular flexibility index (Phi) is 5.80. The molecule has 43 heavy (non-hydrogen) atoms. The van der Waals surface area contributed by atoms with Crippen LogP contribution < -0.4 is 10.4 Å². The molecule has 0 atom stereocenters. The number of benzene rings is 7. The number of nitrogens with one attached hydrogen (secondary N) is 1. The normalized spacial score (nSPS) is 12.0. The molecule has 0 bridgehead atoms. The lowest BCUT2D eigenvalue weighted by molar-refractivity contribution is 0.670. The maximum atomic E-state index is 8.02. The molecule has 0 aliphatic heterocycles. The summed E-state index contributed by atoms with van der Waals surface area (Å²) in [5.74, 6) is 0. The van der Waals surface area contributed by atoms with E-state index in [-0.39, 0.29) is 0 Å². The van der Waals surface area contributed by atoms with Gasteiger partial charge in [0.05, 0.1) is 0 Å². The van der Waals surface area contributed by atoms with Gasteiger partial charge < -0.3 is 9.83 Å². The number of fused-ring (bicyclic) bond motifs is 5. The Balaban J connectivity index is 1.33. The molecule has 2 heteroatoms. The minimum atomic E-state index is 0.899. The third kappa shape index (κ3) is 3.99. The molecule has 7 aromatic carbocycles. The fourth-order valence-electron chi connectivity index (χ4n) is 6.56. The zero-order valence-electron chi connectivity index (χ0n) is 23.5. The van der Waals surface area contributed by atoms with Crippen LogP contribution in [0, 0.1) is 5.41 Å². The van der Waals surface area contributed by atoms with Crippen LogP contribution in [-0.2, 0) is 0 Å². The van der Waals surface area contributed by atoms with Gasteiger partial charge in [-0.25, -0.2) is 0 Å². The van der Waals surface area contributed by atoms with Gasteiger partial charge in [-0.1, -0.05) is 128 Å². The van der Waals surface area contributed by atoms with E-state index in [0.717, 1.165) is 76.5 Å². The van der Waals surface area contributed by atoms with Crippen molar-refractivity contribution in [1.29, 1.82) is 5.41 Å². The zero-order valence-corrected chi connectivity index (χ0v) is 23.5. The lowest BCUT2D eigenvalue weighted by Crippen LogP contribution is -2.28. The third-order valence-electron chi connectivity index (χ3n) is 8.54. The maximum absolute atomic E-state index is 8.02. The highest BCUT2D eigenvalue weighted by Crippen LogP contribution is 2.37. The molecule has 0 unspecified atom stereocenters. The molecule has 8 aromatic rings. The Morgan fingerprint density at radius 3 is 1.95 bits per heavy atom. The van der Waals surface area contributed by atoms with Gasteiger partial charge >= 0.3 is 0 Å². The highest BCUT2D eigenvalue weighted by atomic mass is 16.3. The van der Waals surface area contributed by atoms with Gasteiger partial charge in [-0.15, -0.1) is 0 Å². The van der Waals surface area contributed by atoms with Crippen LogP contribution in [0.15, 0.2) is 138 Å². The molecule has 0 saturated carbocycles. The Labute approximate surface area is 249 Å². The number of para-hydroxylation sites is 2. The zero-order chi connectivity index (χ0) is 28.9. The summed E-state index contributed by atoms with van der Waals surface area (Å²) in [6, 6.07) is 46.8. The number of rotatable bonds is 4. The smallest absolute Gasteiger partial charge is 0.143 e. The minimum Gasteiger partial charge on any atom is -0.455 e. The number of hydrogen-bond acceptors (Lipinski definition) is 2. The van der Waals surface area contributed by atoms with E-state index in [2.05, 4.69) is 128 Å². The molecule has 2 nitrogen and oxygen atoms in total. The van der Waals surface area contributed by atoms with Crippen molar-refractivity contribution < 1.29 is 4.42 Å². The largest absolute Gasteiger partial charge is 0.455 e. The topological polar surface area (TPSA) is 37.0 Å². The second-order valence-electron chi connectivity index (χ2n) is 10.9. The van der Waals surface area contributed by atoms with Gasteiger partial charge in [-0.2, -0.15) is 0 Å². The molecule has 1 heterocycles. The summed E-state index contributed by atoms with van der Waals surface area (Å²) in [6.07, 6.45) is 3.24. The van der Waals surface area contributed by atoms with Crippen LogP contribution in [0.25, 0.3) is 89.5 Å². The van der Waals surface area contributed by atoms with Gasteiger partial charge in [-0.05, 0) is 78.0 Å². The van der Waals surface area contributed by atoms with Crippen LogP contribution in [-0.4, -0.2) is 6.21 Å². The van der Waals surface area contributed by atoms with Crippen molar-refractivity contribution in [3.8, 4) is 33.4 Å². The van der Waals surface area contributed by atoms with Crippen molar-refractivity contribution >= 4 is 62.4 Å². The molecule has 1 aromatic heterocycles. The van der Waals surface area contributed by atoms with Crippen molar-refractivity contribution in [2.45, 2.75) is 0 Å². The van der Waals surface area contributed by atoms with Crippen LogP contribution in [0.5, 0.6) is 0 Å². The first kappa shape index (κ1) is 25.0. The van der Waals surface area contributed by atoms with Crippen molar-refractivity contribution in [1.82, 2.24) is 0 Å². The summed E-state index contributed by atoms with van der Waals surface area (Å²) in [6.45, 7) is 4.61. The summed E-state index contributed by atoms with van der Waals surface area (Å²) in [7, 11) is 0. The first-order valence-corrected chi connectivity index (χ1v) is 14.5. The predicted molar refractivity (Wildman–Crippen MR) is 183 cm³/mol. The highest BCUT2D eigenvalue weighted by Gasteiger charge is 2.16. The average Bonchev–Trinajstić information content (AvgIpc) is 3.44. The molecule has 202 valence electrons. The Hall–Kier alpha value is -5.73. The van der Waals surface area contributed by atoms with Gasteiger partial charge in [0.1, 0.15) is 11.2 Å². The van der Waals surface area contributed by atoms with Gasteiger partial charge in [0.15, 0.2) is 0 Å². The second-order valence-corrected chi connectivity index (χ2v) is 10.9. The molecule has 0 radical (unpaired) electrons. The molecule has 0 amide bonds.